The van der Waals surface area contributed by atoms with E-state index in [1.807, 2.05) is 19.1 Å². The summed E-state index contributed by atoms with van der Waals surface area (Å²) in [5.41, 5.74) is 2.92. The van der Waals surface area contributed by atoms with Gasteiger partial charge in [0.05, 0.1) is 16.5 Å². The highest BCUT2D eigenvalue weighted by molar-refractivity contribution is 6.47. The van der Waals surface area contributed by atoms with Gasteiger partial charge >= 0.3 is 11.9 Å². The first kappa shape index (κ1) is 20.4. The smallest absolute Gasteiger partial charge is 0.332 e. The Bertz CT molecular complexity index is 1510. The van der Waals surface area contributed by atoms with Gasteiger partial charge in [-0.2, -0.15) is 0 Å². The molecule has 0 unspecified atom stereocenters. The minimum Gasteiger partial charge on any atom is -0.508 e. The molecule has 8 nitrogen and oxygen atoms in total. The number of aromatic hydroxyl groups is 1. The Hall–Kier alpha value is -4.46. The Balaban J connectivity index is 1.71. The largest absolute Gasteiger partial charge is 0.508 e. The molecule has 5 rings (SSSR count). The summed E-state index contributed by atoms with van der Waals surface area (Å²) in [6.07, 6.45) is 0. The summed E-state index contributed by atoms with van der Waals surface area (Å²) in [6, 6.07) is 14.9. The van der Waals surface area contributed by atoms with Crippen LogP contribution in [0.4, 0.5) is 0 Å². The molecule has 0 aliphatic carbocycles. The van der Waals surface area contributed by atoms with Gasteiger partial charge in [0.25, 0.3) is 5.78 Å². The van der Waals surface area contributed by atoms with E-state index >= 15 is 0 Å². The van der Waals surface area contributed by atoms with Crippen LogP contribution in [0.3, 0.4) is 0 Å². The van der Waals surface area contributed by atoms with Gasteiger partial charge in [0, 0.05) is 35.5 Å². The SMILES string of the molecule is CCn1c2ccc(C(=O)c3ccc(O)cc3)cc2c2c3c(ccc21)C(=O)C(=NOC(C)=O)O3. The predicted octanol–water partition coefficient (Wildman–Crippen LogP) is 4.20. The highest BCUT2D eigenvalue weighted by atomic mass is 16.7. The van der Waals surface area contributed by atoms with E-state index in [1.165, 1.54) is 19.1 Å². The van der Waals surface area contributed by atoms with E-state index in [-0.39, 0.29) is 17.4 Å². The van der Waals surface area contributed by atoms with Crippen LogP contribution in [-0.2, 0) is 16.2 Å². The van der Waals surface area contributed by atoms with Crippen LogP contribution in [-0.4, -0.2) is 33.1 Å². The van der Waals surface area contributed by atoms with Crippen molar-refractivity contribution in [1.29, 1.82) is 0 Å². The number of aromatic nitrogens is 1. The van der Waals surface area contributed by atoms with Crippen LogP contribution in [0.2, 0.25) is 0 Å². The van der Waals surface area contributed by atoms with Gasteiger partial charge in [-0.15, -0.1) is 0 Å². The van der Waals surface area contributed by atoms with E-state index in [2.05, 4.69) is 14.6 Å². The number of Topliss-reactive ketones (excluding diaryl/α,β-unsaturated/α-hetero) is 1. The molecule has 1 N–H and O–H groups in total. The third kappa shape index (κ3) is 3.23. The zero-order valence-corrected chi connectivity index (χ0v) is 17.8. The summed E-state index contributed by atoms with van der Waals surface area (Å²) in [5, 5.41) is 14.5. The van der Waals surface area contributed by atoms with Crippen molar-refractivity contribution in [2.75, 3.05) is 0 Å². The second kappa shape index (κ2) is 7.59. The van der Waals surface area contributed by atoms with Crippen molar-refractivity contribution >= 4 is 45.2 Å². The van der Waals surface area contributed by atoms with Crippen LogP contribution in [0.5, 0.6) is 11.5 Å². The summed E-state index contributed by atoms with van der Waals surface area (Å²) < 4.78 is 7.81. The lowest BCUT2D eigenvalue weighted by Gasteiger charge is -2.04. The standard InChI is InChI=1S/C25H18N2O6/c1-3-27-19-10-6-15(22(30)14-4-7-16(29)8-5-14)12-18(19)21-20(27)11-9-17-23(31)25(32-24(17)21)26-33-13(2)28/h4-12,29H,3H2,1-2H3. The van der Waals surface area contributed by atoms with Crippen molar-refractivity contribution in [3.8, 4) is 11.5 Å². The molecule has 0 bridgehead atoms. The number of carbonyl (C=O) groups is 3. The fraction of sp³-hybridized carbons (Fsp3) is 0.120. The Labute approximate surface area is 187 Å². The maximum absolute atomic E-state index is 13.1. The average molecular weight is 442 g/mol. The van der Waals surface area contributed by atoms with Crippen LogP contribution in [0.15, 0.2) is 59.8 Å². The molecule has 4 aromatic rings. The second-order valence-electron chi connectivity index (χ2n) is 7.60. The maximum Gasteiger partial charge on any atom is 0.332 e. The zero-order chi connectivity index (χ0) is 23.3. The second-order valence-corrected chi connectivity index (χ2v) is 7.60. The number of phenols is 1. The van der Waals surface area contributed by atoms with Crippen molar-refractivity contribution in [3.63, 3.8) is 0 Å². The number of nitrogens with zero attached hydrogens (tertiary/aromatic N) is 2. The molecular formula is C25H18N2O6. The highest BCUT2D eigenvalue weighted by Gasteiger charge is 2.33. The molecule has 33 heavy (non-hydrogen) atoms. The summed E-state index contributed by atoms with van der Waals surface area (Å²) in [4.78, 5) is 41.5. The van der Waals surface area contributed by atoms with Crippen molar-refractivity contribution < 1.29 is 29.1 Å². The first-order valence-corrected chi connectivity index (χ1v) is 10.3. The normalized spacial score (nSPS) is 14.0. The Morgan fingerprint density at radius 2 is 1.73 bits per heavy atom. The Kier molecular flexibility index (Phi) is 4.70. The predicted molar refractivity (Wildman–Crippen MR) is 121 cm³/mol. The van der Waals surface area contributed by atoms with Crippen molar-refractivity contribution in [2.24, 2.45) is 5.16 Å². The van der Waals surface area contributed by atoms with Gasteiger partial charge < -0.3 is 19.2 Å². The van der Waals surface area contributed by atoms with E-state index < -0.39 is 11.8 Å². The van der Waals surface area contributed by atoms with E-state index in [4.69, 9.17) is 4.74 Å². The van der Waals surface area contributed by atoms with Crippen molar-refractivity contribution in [3.05, 3.63) is 71.3 Å². The van der Waals surface area contributed by atoms with Gasteiger partial charge in [0.1, 0.15) is 5.75 Å². The minimum atomic E-state index is -0.667. The van der Waals surface area contributed by atoms with Crippen molar-refractivity contribution in [2.45, 2.75) is 20.4 Å². The molecule has 0 amide bonds. The third-order valence-corrected chi connectivity index (χ3v) is 5.59. The number of aryl methyl sites for hydroxylation is 1. The first-order chi connectivity index (χ1) is 15.9. The summed E-state index contributed by atoms with van der Waals surface area (Å²) in [5.74, 6) is -1.27. The zero-order valence-electron chi connectivity index (χ0n) is 17.8. The van der Waals surface area contributed by atoms with Crippen LogP contribution < -0.4 is 4.74 Å². The molecule has 164 valence electrons. The molecule has 0 saturated carbocycles. The number of hydrogen-bond donors (Lipinski definition) is 1. The van der Waals surface area contributed by atoms with Gasteiger partial charge in [-0.25, -0.2) is 4.79 Å². The first-order valence-electron chi connectivity index (χ1n) is 10.3. The highest BCUT2D eigenvalue weighted by Crippen LogP contribution is 2.41. The van der Waals surface area contributed by atoms with Crippen LogP contribution in [0.1, 0.15) is 40.1 Å². The van der Waals surface area contributed by atoms with Gasteiger partial charge in [0.2, 0.25) is 0 Å². The lowest BCUT2D eigenvalue weighted by Crippen LogP contribution is -2.13. The van der Waals surface area contributed by atoms with Crippen LogP contribution >= 0.6 is 0 Å². The fourth-order valence-electron chi connectivity index (χ4n) is 4.13. The molecule has 8 heteroatoms. The van der Waals surface area contributed by atoms with Crippen molar-refractivity contribution in [1.82, 2.24) is 4.57 Å². The quantitative estimate of drug-likeness (QED) is 0.288. The average Bonchev–Trinajstić information content (AvgIpc) is 3.31. The molecule has 0 saturated heterocycles. The van der Waals surface area contributed by atoms with E-state index in [0.717, 1.165) is 16.4 Å². The molecular weight excluding hydrogens is 424 g/mol. The molecule has 0 fully saturated rings. The molecule has 1 aliphatic rings. The minimum absolute atomic E-state index is 0.0802. The summed E-state index contributed by atoms with van der Waals surface area (Å²) in [7, 11) is 0. The number of benzene rings is 3. The third-order valence-electron chi connectivity index (χ3n) is 5.59. The molecule has 3 aromatic carbocycles. The lowest BCUT2D eigenvalue weighted by molar-refractivity contribution is -0.141. The topological polar surface area (TPSA) is 107 Å². The number of hydrogen-bond acceptors (Lipinski definition) is 7. The van der Waals surface area contributed by atoms with Gasteiger partial charge in [0.15, 0.2) is 11.5 Å². The monoisotopic (exact) mass is 442 g/mol. The number of phenolic OH excluding ortho intramolecular Hbond substituents is 1. The van der Waals surface area contributed by atoms with Gasteiger partial charge in [-0.05, 0) is 66.7 Å². The molecule has 0 atom stereocenters. The van der Waals surface area contributed by atoms with Crippen LogP contribution in [0, 0.1) is 0 Å². The number of ether oxygens (including phenoxy) is 1. The number of carbonyl (C=O) groups excluding carboxylic acids is 3. The molecule has 0 spiro atoms. The van der Waals surface area contributed by atoms with Gasteiger partial charge in [-0.3, -0.25) is 9.59 Å². The molecule has 1 aromatic heterocycles. The van der Waals surface area contributed by atoms with E-state index in [9.17, 15) is 19.5 Å². The molecule has 0 radical (unpaired) electrons. The lowest BCUT2D eigenvalue weighted by atomic mass is 10.00. The van der Waals surface area contributed by atoms with Crippen LogP contribution in [0.25, 0.3) is 21.8 Å². The Morgan fingerprint density at radius 1 is 1.03 bits per heavy atom. The maximum atomic E-state index is 13.1. The summed E-state index contributed by atoms with van der Waals surface area (Å²) in [6.45, 7) is 3.84. The summed E-state index contributed by atoms with van der Waals surface area (Å²) >= 11 is 0. The molecule has 2 heterocycles. The number of fused-ring (bicyclic) bond motifs is 5. The number of ketones is 2. The van der Waals surface area contributed by atoms with E-state index in [0.29, 0.717) is 34.4 Å². The Morgan fingerprint density at radius 3 is 2.42 bits per heavy atom. The fourth-order valence-corrected chi connectivity index (χ4v) is 4.13. The molecule has 1 aliphatic heterocycles. The van der Waals surface area contributed by atoms with E-state index in [1.54, 1.807) is 30.3 Å². The van der Waals surface area contributed by atoms with Gasteiger partial charge in [-0.1, -0.05) is 0 Å². The number of oxime groups is 1. The number of rotatable bonds is 4.